The number of nitrogens with zero attached hydrogens (tertiary/aromatic N) is 3. The lowest BCUT2D eigenvalue weighted by atomic mass is 9.84. The van der Waals surface area contributed by atoms with Gasteiger partial charge in [0.25, 0.3) is 0 Å². The fraction of sp³-hybridized carbons (Fsp3) is 0.667. The van der Waals surface area contributed by atoms with E-state index in [0.29, 0.717) is 24.0 Å². The van der Waals surface area contributed by atoms with Gasteiger partial charge in [-0.15, -0.1) is 0 Å². The number of fused-ring (bicyclic) bond motifs is 1. The first-order valence-corrected chi connectivity index (χ1v) is 13.9. The molecule has 3 aromatic rings. The minimum atomic E-state index is 0.395. The molecule has 4 rings (SSSR count). The van der Waals surface area contributed by atoms with Crippen molar-refractivity contribution in [3.8, 4) is 11.1 Å². The van der Waals surface area contributed by atoms with E-state index in [1.807, 2.05) is 21.0 Å². The molecule has 1 aromatic carbocycles. The van der Waals surface area contributed by atoms with Crippen LogP contribution in [0, 0.1) is 25.7 Å². The summed E-state index contributed by atoms with van der Waals surface area (Å²) in [4.78, 5) is 5.41. The molecule has 2 aromatic heterocycles. The molecule has 192 valence electrons. The first kappa shape index (κ1) is 25.9. The molecule has 0 amide bonds. The number of aryl methyl sites for hydroxylation is 2. The van der Waals surface area contributed by atoms with Crippen LogP contribution in [0.1, 0.15) is 108 Å². The Kier molecular flexibility index (Phi) is 8.36. The van der Waals surface area contributed by atoms with Crippen LogP contribution in [0.25, 0.3) is 22.2 Å². The van der Waals surface area contributed by atoms with Gasteiger partial charge in [-0.2, -0.15) is 0 Å². The van der Waals surface area contributed by atoms with Gasteiger partial charge in [-0.25, -0.2) is 4.98 Å². The topological polar surface area (TPSA) is 53.1 Å². The van der Waals surface area contributed by atoms with E-state index in [2.05, 4.69) is 55.6 Å². The quantitative estimate of drug-likeness (QED) is 0.293. The lowest BCUT2D eigenvalue weighted by Crippen LogP contribution is -2.25. The molecular formula is C30H45N3O2. The van der Waals surface area contributed by atoms with E-state index in [9.17, 15) is 0 Å². The third-order valence-electron chi connectivity index (χ3n) is 8.71. The second kappa shape index (κ2) is 11.3. The number of rotatable bonds is 10. The van der Waals surface area contributed by atoms with Gasteiger partial charge in [0, 0.05) is 24.6 Å². The molecule has 0 aliphatic heterocycles. The van der Waals surface area contributed by atoms with Crippen LogP contribution >= 0.6 is 0 Å². The molecule has 2 heterocycles. The number of hydrogen-bond acceptors (Lipinski definition) is 4. The van der Waals surface area contributed by atoms with Gasteiger partial charge in [-0.05, 0) is 75.5 Å². The summed E-state index contributed by atoms with van der Waals surface area (Å²) in [5.74, 6) is 4.00. The Bertz CT molecular complexity index is 1090. The van der Waals surface area contributed by atoms with Crippen molar-refractivity contribution in [1.29, 1.82) is 0 Å². The molecule has 3 atom stereocenters. The number of benzene rings is 1. The van der Waals surface area contributed by atoms with E-state index in [1.54, 1.807) is 0 Å². The average Bonchev–Trinajstić information content (AvgIpc) is 3.42. The molecular weight excluding hydrogens is 434 g/mol. The largest absolute Gasteiger partial charge is 0.381 e. The predicted molar refractivity (Wildman–Crippen MR) is 144 cm³/mol. The van der Waals surface area contributed by atoms with Gasteiger partial charge in [-0.1, -0.05) is 58.2 Å². The highest BCUT2D eigenvalue weighted by atomic mass is 16.5. The van der Waals surface area contributed by atoms with Crippen LogP contribution in [0.3, 0.4) is 0 Å². The van der Waals surface area contributed by atoms with E-state index in [0.717, 1.165) is 59.7 Å². The van der Waals surface area contributed by atoms with E-state index < -0.39 is 0 Å². The van der Waals surface area contributed by atoms with Crippen molar-refractivity contribution in [2.24, 2.45) is 11.8 Å². The lowest BCUT2D eigenvalue weighted by Gasteiger charge is -2.32. The van der Waals surface area contributed by atoms with Crippen molar-refractivity contribution < 1.29 is 9.26 Å². The second-order valence-corrected chi connectivity index (χ2v) is 11.0. The Balaban J connectivity index is 1.81. The van der Waals surface area contributed by atoms with E-state index >= 15 is 0 Å². The van der Waals surface area contributed by atoms with Gasteiger partial charge in [0.05, 0.1) is 22.8 Å². The second-order valence-electron chi connectivity index (χ2n) is 11.0. The molecule has 1 fully saturated rings. The van der Waals surface area contributed by atoms with Crippen LogP contribution in [0.5, 0.6) is 0 Å². The molecule has 0 N–H and O–H groups in total. The van der Waals surface area contributed by atoms with Crippen molar-refractivity contribution >= 4 is 11.0 Å². The molecule has 5 nitrogen and oxygen atoms in total. The Hall–Kier alpha value is -2.14. The van der Waals surface area contributed by atoms with Crippen LogP contribution in [0.2, 0.25) is 0 Å². The number of imidazole rings is 1. The Labute approximate surface area is 211 Å². The Morgan fingerprint density at radius 3 is 2.40 bits per heavy atom. The van der Waals surface area contributed by atoms with Crippen LogP contribution in [0.15, 0.2) is 22.7 Å². The van der Waals surface area contributed by atoms with Crippen molar-refractivity contribution in [3.05, 3.63) is 35.5 Å². The minimum Gasteiger partial charge on any atom is -0.381 e. The van der Waals surface area contributed by atoms with Crippen LogP contribution in [-0.4, -0.2) is 27.9 Å². The smallest absolute Gasteiger partial charge is 0.141 e. The molecule has 0 spiro atoms. The highest BCUT2D eigenvalue weighted by Crippen LogP contribution is 2.41. The fourth-order valence-corrected chi connectivity index (χ4v) is 5.97. The summed E-state index contributed by atoms with van der Waals surface area (Å²) in [6, 6.07) is 7.26. The normalized spacial score (nSPS) is 21.3. The van der Waals surface area contributed by atoms with Gasteiger partial charge >= 0.3 is 0 Å². The van der Waals surface area contributed by atoms with E-state index in [-0.39, 0.29) is 0 Å². The molecule has 1 unspecified atom stereocenters. The van der Waals surface area contributed by atoms with Gasteiger partial charge in [0.15, 0.2) is 0 Å². The zero-order chi connectivity index (χ0) is 25.1. The van der Waals surface area contributed by atoms with E-state index in [4.69, 9.17) is 14.2 Å². The highest BCUT2D eigenvalue weighted by molar-refractivity contribution is 5.84. The third-order valence-corrected chi connectivity index (χ3v) is 8.71. The molecule has 35 heavy (non-hydrogen) atoms. The Morgan fingerprint density at radius 2 is 1.80 bits per heavy atom. The zero-order valence-corrected chi connectivity index (χ0v) is 22.9. The molecule has 1 aliphatic rings. The van der Waals surface area contributed by atoms with Crippen LogP contribution in [0.4, 0.5) is 0 Å². The van der Waals surface area contributed by atoms with Gasteiger partial charge in [-0.3, -0.25) is 0 Å². The molecule has 0 bridgehead atoms. The highest BCUT2D eigenvalue weighted by Gasteiger charge is 2.31. The summed E-state index contributed by atoms with van der Waals surface area (Å²) in [5.41, 5.74) is 5.55. The maximum absolute atomic E-state index is 5.69. The van der Waals surface area contributed by atoms with E-state index in [1.165, 1.54) is 37.0 Å². The molecule has 0 radical (unpaired) electrons. The first-order chi connectivity index (χ1) is 16.9. The maximum Gasteiger partial charge on any atom is 0.141 e. The summed E-state index contributed by atoms with van der Waals surface area (Å²) < 4.78 is 13.8. The number of ether oxygens (including phenoxy) is 1. The third kappa shape index (κ3) is 5.35. The molecule has 1 aliphatic carbocycles. The monoisotopic (exact) mass is 479 g/mol. The minimum absolute atomic E-state index is 0.395. The zero-order valence-electron chi connectivity index (χ0n) is 22.9. The maximum atomic E-state index is 5.69. The molecule has 1 saturated carbocycles. The number of aromatic nitrogens is 3. The number of methoxy groups -OCH3 is 1. The molecule has 5 heteroatoms. The van der Waals surface area contributed by atoms with Crippen molar-refractivity contribution in [2.75, 3.05) is 7.11 Å². The van der Waals surface area contributed by atoms with Crippen LogP contribution in [-0.2, 0) is 4.74 Å². The average molecular weight is 480 g/mol. The van der Waals surface area contributed by atoms with Crippen molar-refractivity contribution in [2.45, 2.75) is 111 Å². The first-order valence-electron chi connectivity index (χ1n) is 13.9. The van der Waals surface area contributed by atoms with Crippen molar-refractivity contribution in [3.63, 3.8) is 0 Å². The Morgan fingerprint density at radius 1 is 1.06 bits per heavy atom. The van der Waals surface area contributed by atoms with Gasteiger partial charge < -0.3 is 13.8 Å². The lowest BCUT2D eigenvalue weighted by molar-refractivity contribution is 0.0582. The summed E-state index contributed by atoms with van der Waals surface area (Å²) >= 11 is 0. The van der Waals surface area contributed by atoms with Gasteiger partial charge in [0.1, 0.15) is 11.6 Å². The summed E-state index contributed by atoms with van der Waals surface area (Å²) in [5, 5.41) is 4.18. The summed E-state index contributed by atoms with van der Waals surface area (Å²) in [6.07, 6.45) is 9.83. The molecule has 0 saturated heterocycles. The fourth-order valence-electron chi connectivity index (χ4n) is 5.97. The standard InChI is InChI=1S/C30H45N3O2/c1-8-19(3)10-16-26(20(4)9-2)30-31-27-18-23(29-21(5)32-35-22(29)6)11-17-28(27)33(30)24-12-14-25(34-7)15-13-24/h11,17-20,24-26H,8-10,12-16H2,1-7H3/t19-,20-,24?,25?,26?/m1/s1. The summed E-state index contributed by atoms with van der Waals surface area (Å²) in [7, 11) is 1.85. The van der Waals surface area contributed by atoms with Crippen LogP contribution < -0.4 is 0 Å². The summed E-state index contributed by atoms with van der Waals surface area (Å²) in [6.45, 7) is 13.4. The number of hydrogen-bond donors (Lipinski definition) is 0. The van der Waals surface area contributed by atoms with Crippen molar-refractivity contribution in [1.82, 2.24) is 14.7 Å². The predicted octanol–water partition coefficient (Wildman–Crippen LogP) is 8.39. The van der Waals surface area contributed by atoms with Gasteiger partial charge in [0.2, 0.25) is 0 Å². The SMILES string of the molecule is CC[C@@H](C)CCC(c1nc2cc(-c3c(C)noc3C)ccc2n1C1CCC(OC)CC1)[C@H](C)CC.